The first-order chi connectivity index (χ1) is 13.4. The Morgan fingerprint density at radius 2 is 1.54 bits per heavy atom. The minimum absolute atomic E-state index is 0.161. The van der Waals surface area contributed by atoms with Crippen LogP contribution in [0.3, 0.4) is 0 Å². The highest BCUT2D eigenvalue weighted by Gasteiger charge is 2.51. The third-order valence-corrected chi connectivity index (χ3v) is 4.78. The van der Waals surface area contributed by atoms with Gasteiger partial charge in [-0.05, 0) is 26.2 Å². The Kier molecular flexibility index (Phi) is 9.56. The molecule has 2 heterocycles. The van der Waals surface area contributed by atoms with E-state index in [9.17, 15) is 9.59 Å². The second-order valence-corrected chi connectivity index (χ2v) is 7.17. The number of hydrogen-bond acceptors (Lipinski definition) is 10. The van der Waals surface area contributed by atoms with Gasteiger partial charge in [0.25, 0.3) is 0 Å². The molecule has 2 saturated heterocycles. The van der Waals surface area contributed by atoms with Gasteiger partial charge in [-0.25, -0.2) is 4.84 Å². The number of nitrogens with zero attached hydrogens (tertiary/aromatic N) is 1. The van der Waals surface area contributed by atoms with Crippen molar-refractivity contribution in [2.24, 2.45) is 0 Å². The molecule has 2 N–H and O–H groups in total. The van der Waals surface area contributed by atoms with Crippen LogP contribution in [0, 0.1) is 0 Å². The van der Waals surface area contributed by atoms with Crippen molar-refractivity contribution >= 4 is 11.9 Å². The molecular formula is C18H31NO9. The molecule has 2 rings (SSSR count). The van der Waals surface area contributed by atoms with Gasteiger partial charge >= 0.3 is 11.9 Å². The van der Waals surface area contributed by atoms with Crippen molar-refractivity contribution < 1.29 is 43.8 Å². The molecule has 0 radical (unpaired) electrons. The van der Waals surface area contributed by atoms with E-state index in [4.69, 9.17) is 29.4 Å². The van der Waals surface area contributed by atoms with E-state index < -0.39 is 36.5 Å². The topological polar surface area (TPSA) is 124 Å². The Bertz CT molecular complexity index is 501. The highest BCUT2D eigenvalue weighted by molar-refractivity contribution is 5.70. The van der Waals surface area contributed by atoms with E-state index in [0.717, 1.165) is 19.3 Å². The summed E-state index contributed by atoms with van der Waals surface area (Å²) in [4.78, 5) is 28.5. The van der Waals surface area contributed by atoms with E-state index in [1.807, 2.05) is 0 Å². The maximum atomic E-state index is 12.0. The molecule has 0 aromatic rings. The van der Waals surface area contributed by atoms with Crippen LogP contribution >= 0.6 is 0 Å². The molecular weight excluding hydrogens is 374 g/mol. The van der Waals surface area contributed by atoms with Crippen molar-refractivity contribution in [1.29, 1.82) is 0 Å². The minimum atomic E-state index is -0.527. The molecule has 2 fully saturated rings. The molecule has 10 heteroatoms. The van der Waals surface area contributed by atoms with Gasteiger partial charge in [0, 0.05) is 12.8 Å². The van der Waals surface area contributed by atoms with Gasteiger partial charge in [0.2, 0.25) is 0 Å². The first-order valence-electron chi connectivity index (χ1n) is 9.87. The van der Waals surface area contributed by atoms with Crippen LogP contribution in [0.15, 0.2) is 0 Å². The lowest BCUT2D eigenvalue weighted by molar-refractivity contribution is -0.503. The highest BCUT2D eigenvalue weighted by Crippen LogP contribution is 2.31. The summed E-state index contributed by atoms with van der Waals surface area (Å²) in [5, 5.41) is 16.8. The number of carbonyl (C=O) groups excluding carboxylic acids is 2. The predicted octanol–water partition coefficient (Wildman–Crippen LogP) is 1.76. The average Bonchev–Trinajstić information content (AvgIpc) is 3.18. The molecule has 28 heavy (non-hydrogen) atoms. The highest BCUT2D eigenvalue weighted by atomic mass is 17.1. The van der Waals surface area contributed by atoms with E-state index >= 15 is 0 Å². The zero-order valence-corrected chi connectivity index (χ0v) is 16.5. The number of esters is 2. The number of fused-ring (bicyclic) bond motifs is 1. The molecule has 0 saturated carbocycles. The quantitative estimate of drug-likeness (QED) is 0.282. The Hall–Kier alpha value is -1.30. The molecule has 0 amide bonds. The largest absolute Gasteiger partial charge is 0.457 e. The summed E-state index contributed by atoms with van der Waals surface area (Å²) in [7, 11) is 0. The average molecular weight is 405 g/mol. The molecule has 2 aliphatic heterocycles. The van der Waals surface area contributed by atoms with Crippen LogP contribution in [0.5, 0.6) is 0 Å². The maximum Gasteiger partial charge on any atom is 0.306 e. The van der Waals surface area contributed by atoms with Crippen molar-refractivity contribution in [3.63, 3.8) is 0 Å². The van der Waals surface area contributed by atoms with E-state index in [0.29, 0.717) is 19.3 Å². The van der Waals surface area contributed by atoms with Crippen LogP contribution in [0.25, 0.3) is 0 Å². The number of unbranched alkanes of at least 4 members (excludes halogenated alkanes) is 2. The van der Waals surface area contributed by atoms with E-state index in [1.165, 1.54) is 0 Å². The number of rotatable bonds is 12. The molecule has 0 aromatic carbocycles. The van der Waals surface area contributed by atoms with Crippen molar-refractivity contribution in [3.8, 4) is 0 Å². The molecule has 1 unspecified atom stereocenters. The Labute approximate surface area is 164 Å². The summed E-state index contributed by atoms with van der Waals surface area (Å²) in [5.41, 5.74) is 0. The third kappa shape index (κ3) is 7.26. The van der Waals surface area contributed by atoms with E-state index in [2.05, 4.69) is 11.8 Å². The zero-order chi connectivity index (χ0) is 20.5. The van der Waals surface area contributed by atoms with Gasteiger partial charge in [-0.2, -0.15) is 0 Å². The molecule has 10 nitrogen and oxygen atoms in total. The van der Waals surface area contributed by atoms with Gasteiger partial charge in [-0.3, -0.25) is 20.0 Å². The Morgan fingerprint density at radius 1 is 1.00 bits per heavy atom. The summed E-state index contributed by atoms with van der Waals surface area (Å²) in [6, 6.07) is 0. The summed E-state index contributed by atoms with van der Waals surface area (Å²) in [6.45, 7) is 4.15. The summed E-state index contributed by atoms with van der Waals surface area (Å²) in [6.07, 6.45) is 1.99. The Morgan fingerprint density at radius 3 is 2.04 bits per heavy atom. The van der Waals surface area contributed by atoms with Crippen molar-refractivity contribution in [2.75, 3.05) is 13.2 Å². The first-order valence-corrected chi connectivity index (χ1v) is 9.87. The molecule has 0 spiro atoms. The number of hydrogen-bond donors (Lipinski definition) is 2. The third-order valence-electron chi connectivity index (χ3n) is 4.78. The summed E-state index contributed by atoms with van der Waals surface area (Å²) < 4.78 is 22.2. The Balaban J connectivity index is 1.67. The smallest absolute Gasteiger partial charge is 0.306 e. The summed E-state index contributed by atoms with van der Waals surface area (Å²) in [5.74, 6) is -0.651. The van der Waals surface area contributed by atoms with Gasteiger partial charge in [0.05, 0.1) is 24.7 Å². The van der Waals surface area contributed by atoms with Gasteiger partial charge in [-0.15, -0.1) is 0 Å². The lowest BCUT2D eigenvalue weighted by atomic mass is 10.1. The minimum Gasteiger partial charge on any atom is -0.457 e. The number of carbonyl (C=O) groups is 2. The van der Waals surface area contributed by atoms with Crippen LogP contribution in [0.1, 0.15) is 58.8 Å². The second-order valence-electron chi connectivity index (χ2n) is 7.17. The summed E-state index contributed by atoms with van der Waals surface area (Å²) >= 11 is 0. The van der Waals surface area contributed by atoms with Crippen LogP contribution in [0.2, 0.25) is 0 Å². The van der Waals surface area contributed by atoms with Crippen molar-refractivity contribution in [1.82, 2.24) is 5.39 Å². The normalized spacial score (nSPS) is 27.6. The molecule has 162 valence electrons. The van der Waals surface area contributed by atoms with Gasteiger partial charge in [0.15, 0.2) is 12.2 Å². The van der Waals surface area contributed by atoms with Crippen LogP contribution < -0.4 is 0 Å². The predicted molar refractivity (Wildman–Crippen MR) is 93.2 cm³/mol. The maximum absolute atomic E-state index is 12.0. The fourth-order valence-electron chi connectivity index (χ4n) is 3.35. The lowest BCUT2D eigenvalue weighted by Gasteiger charge is -2.17. The first kappa shape index (κ1) is 23.0. The van der Waals surface area contributed by atoms with Gasteiger partial charge in [-0.1, -0.05) is 19.8 Å². The monoisotopic (exact) mass is 405 g/mol. The molecule has 2 aliphatic rings. The fourth-order valence-corrected chi connectivity index (χ4v) is 3.35. The molecule has 0 bridgehead atoms. The standard InChI is InChI=1S/C18H31NO9/c1-3-4-5-8-15(20)26-13-10-24-18-14(11-25-17(13)18)27-16(21)9-6-7-12(2)28-19(22)23/h12-14,17-18,22-23H,3-11H2,1-2H3/t12-,13+,14+,17?,18+/m0/s1. The molecule has 0 aliphatic carbocycles. The molecule has 0 aromatic heterocycles. The van der Waals surface area contributed by atoms with Crippen LogP contribution in [-0.2, 0) is 33.4 Å². The number of ether oxygens (including phenoxy) is 4. The SMILES string of the molecule is CCCCCC(=O)O[C@@H]1CO[C@H]2C1OC[C@H]2OC(=O)CCC[C@H](C)ON(O)O. The van der Waals surface area contributed by atoms with Crippen molar-refractivity contribution in [3.05, 3.63) is 0 Å². The lowest BCUT2D eigenvalue weighted by Crippen LogP contribution is -2.36. The van der Waals surface area contributed by atoms with Crippen LogP contribution in [0.4, 0.5) is 0 Å². The van der Waals surface area contributed by atoms with E-state index in [-0.39, 0.29) is 31.0 Å². The zero-order valence-electron chi connectivity index (χ0n) is 16.5. The molecule has 5 atom stereocenters. The van der Waals surface area contributed by atoms with Gasteiger partial charge in [0.1, 0.15) is 12.2 Å². The second kappa shape index (κ2) is 11.6. The van der Waals surface area contributed by atoms with E-state index in [1.54, 1.807) is 6.92 Å². The van der Waals surface area contributed by atoms with Gasteiger partial charge < -0.3 is 18.9 Å². The fraction of sp³-hybridized carbons (Fsp3) is 0.889. The van der Waals surface area contributed by atoms with Crippen molar-refractivity contribution in [2.45, 2.75) is 89.3 Å². The van der Waals surface area contributed by atoms with Crippen LogP contribution in [-0.4, -0.2) is 71.5 Å².